The fraction of sp³-hybridized carbons (Fsp3) is 0.467. The minimum atomic E-state index is 0.0118. The summed E-state index contributed by atoms with van der Waals surface area (Å²) in [5.74, 6) is 0. The van der Waals surface area contributed by atoms with Crippen molar-refractivity contribution in [2.75, 3.05) is 11.9 Å². The number of hydrogen-bond acceptors (Lipinski definition) is 3. The molecule has 2 aromatic rings. The summed E-state index contributed by atoms with van der Waals surface area (Å²) in [6, 6.07) is 6.24. The summed E-state index contributed by atoms with van der Waals surface area (Å²) in [6.45, 7) is 4.97. The van der Waals surface area contributed by atoms with E-state index in [2.05, 4.69) is 17.2 Å². The summed E-state index contributed by atoms with van der Waals surface area (Å²) in [7, 11) is 0. The number of benzene rings is 1. The van der Waals surface area contributed by atoms with Crippen molar-refractivity contribution in [2.24, 2.45) is 0 Å². The van der Waals surface area contributed by atoms with Crippen molar-refractivity contribution < 1.29 is 4.79 Å². The van der Waals surface area contributed by atoms with Crippen LogP contribution in [-0.2, 0) is 0 Å². The average molecular weight is 289 g/mol. The van der Waals surface area contributed by atoms with Gasteiger partial charge in [0.1, 0.15) is 0 Å². The lowest BCUT2D eigenvalue weighted by Gasteiger charge is -2.33. The molecule has 0 aliphatic carbocycles. The van der Waals surface area contributed by atoms with E-state index in [-0.39, 0.29) is 6.03 Å². The van der Waals surface area contributed by atoms with Crippen LogP contribution in [0.4, 0.5) is 10.5 Å². The van der Waals surface area contributed by atoms with E-state index < -0.39 is 0 Å². The molecule has 1 N–H and O–H groups in total. The van der Waals surface area contributed by atoms with Crippen molar-refractivity contribution >= 4 is 33.3 Å². The molecule has 0 radical (unpaired) electrons. The van der Waals surface area contributed by atoms with E-state index in [0.717, 1.165) is 40.3 Å². The van der Waals surface area contributed by atoms with E-state index in [0.29, 0.717) is 6.04 Å². The Bertz CT molecular complexity index is 637. The van der Waals surface area contributed by atoms with Crippen molar-refractivity contribution in [3.8, 4) is 0 Å². The Morgan fingerprint density at radius 2 is 2.30 bits per heavy atom. The molecule has 1 fully saturated rings. The average Bonchev–Trinajstić information content (AvgIpc) is 2.78. The first-order valence-electron chi connectivity index (χ1n) is 7.08. The van der Waals surface area contributed by atoms with Gasteiger partial charge in [-0.1, -0.05) is 0 Å². The molecule has 0 bridgehead atoms. The molecule has 1 atom stereocenters. The van der Waals surface area contributed by atoms with Gasteiger partial charge < -0.3 is 10.2 Å². The van der Waals surface area contributed by atoms with Crippen LogP contribution >= 0.6 is 11.3 Å². The van der Waals surface area contributed by atoms with Gasteiger partial charge >= 0.3 is 6.03 Å². The molecular weight excluding hydrogens is 270 g/mol. The zero-order valence-electron chi connectivity index (χ0n) is 11.8. The molecule has 1 aromatic carbocycles. The minimum absolute atomic E-state index is 0.0118. The summed E-state index contributed by atoms with van der Waals surface area (Å²) >= 11 is 1.65. The smallest absolute Gasteiger partial charge is 0.322 e. The van der Waals surface area contributed by atoms with Crippen molar-refractivity contribution in [1.29, 1.82) is 0 Å². The number of anilines is 1. The third-order valence-electron chi connectivity index (χ3n) is 3.81. The minimum Gasteiger partial charge on any atom is -0.322 e. The SMILES string of the molecule is Cc1nc2ccc(NC(=O)N3CCCC[C@H]3C)cc2s1. The summed E-state index contributed by atoms with van der Waals surface area (Å²) in [5, 5.41) is 4.06. The largest absolute Gasteiger partial charge is 0.322 e. The highest BCUT2D eigenvalue weighted by Crippen LogP contribution is 2.25. The highest BCUT2D eigenvalue weighted by atomic mass is 32.1. The van der Waals surface area contributed by atoms with Gasteiger partial charge in [0.2, 0.25) is 0 Å². The number of nitrogens with one attached hydrogen (secondary N) is 1. The van der Waals surface area contributed by atoms with Gasteiger partial charge in [-0.3, -0.25) is 0 Å². The second kappa shape index (κ2) is 5.40. The zero-order chi connectivity index (χ0) is 14.1. The number of rotatable bonds is 1. The number of aromatic nitrogens is 1. The number of likely N-dealkylation sites (tertiary alicyclic amines) is 1. The summed E-state index contributed by atoms with van der Waals surface area (Å²) in [4.78, 5) is 18.7. The van der Waals surface area contributed by atoms with Crippen molar-refractivity contribution in [3.63, 3.8) is 0 Å². The van der Waals surface area contributed by atoms with Crippen LogP contribution in [0.5, 0.6) is 0 Å². The third-order valence-corrected chi connectivity index (χ3v) is 4.74. The van der Waals surface area contributed by atoms with Gasteiger partial charge in [-0.25, -0.2) is 9.78 Å². The third kappa shape index (κ3) is 2.63. The maximum Gasteiger partial charge on any atom is 0.322 e. The molecule has 1 saturated heterocycles. The highest BCUT2D eigenvalue weighted by molar-refractivity contribution is 7.18. The van der Waals surface area contributed by atoms with Crippen LogP contribution < -0.4 is 5.32 Å². The maximum absolute atomic E-state index is 12.3. The molecule has 3 rings (SSSR count). The number of amides is 2. The normalized spacial score (nSPS) is 19.3. The van der Waals surface area contributed by atoms with E-state index in [9.17, 15) is 4.79 Å². The van der Waals surface area contributed by atoms with Crippen molar-refractivity contribution in [1.82, 2.24) is 9.88 Å². The number of carbonyl (C=O) groups excluding carboxylic acids is 1. The fourth-order valence-electron chi connectivity index (χ4n) is 2.71. The number of aryl methyl sites for hydroxylation is 1. The highest BCUT2D eigenvalue weighted by Gasteiger charge is 2.23. The second-order valence-electron chi connectivity index (χ2n) is 5.38. The van der Waals surface area contributed by atoms with E-state index in [1.54, 1.807) is 11.3 Å². The Labute approximate surface area is 122 Å². The fourth-order valence-corrected chi connectivity index (χ4v) is 3.58. The number of nitrogens with zero attached hydrogens (tertiary/aromatic N) is 2. The van der Waals surface area contributed by atoms with E-state index in [4.69, 9.17) is 0 Å². The number of fused-ring (bicyclic) bond motifs is 1. The number of piperidine rings is 1. The Balaban J connectivity index is 1.76. The van der Waals surface area contributed by atoms with E-state index in [1.165, 1.54) is 6.42 Å². The Morgan fingerprint density at radius 1 is 1.45 bits per heavy atom. The summed E-state index contributed by atoms with van der Waals surface area (Å²) in [5.41, 5.74) is 1.85. The number of hydrogen-bond donors (Lipinski definition) is 1. The van der Waals surface area contributed by atoms with Gasteiger partial charge in [-0.15, -0.1) is 11.3 Å². The quantitative estimate of drug-likeness (QED) is 0.862. The Morgan fingerprint density at radius 3 is 3.10 bits per heavy atom. The lowest BCUT2D eigenvalue weighted by molar-refractivity contribution is 0.170. The van der Waals surface area contributed by atoms with Gasteiger partial charge in [0, 0.05) is 18.3 Å². The molecule has 0 spiro atoms. The molecule has 5 heteroatoms. The second-order valence-corrected chi connectivity index (χ2v) is 6.62. The first-order valence-corrected chi connectivity index (χ1v) is 7.90. The maximum atomic E-state index is 12.3. The van der Waals surface area contributed by atoms with Crippen LogP contribution in [0.15, 0.2) is 18.2 Å². The number of thiazole rings is 1. The molecule has 1 aromatic heterocycles. The van der Waals surface area contributed by atoms with Crippen molar-refractivity contribution in [2.45, 2.75) is 39.2 Å². The number of carbonyl (C=O) groups is 1. The molecule has 0 saturated carbocycles. The van der Waals surface area contributed by atoms with Crippen LogP contribution in [-0.4, -0.2) is 28.5 Å². The predicted octanol–water partition coefficient (Wildman–Crippen LogP) is 4.01. The van der Waals surface area contributed by atoms with E-state index in [1.807, 2.05) is 30.0 Å². The van der Waals surface area contributed by atoms with Gasteiger partial charge in [-0.2, -0.15) is 0 Å². The standard InChI is InChI=1S/C15H19N3OS/c1-10-5-3-4-8-18(10)15(19)17-12-6-7-13-14(9-12)20-11(2)16-13/h6-7,9-10H,3-5,8H2,1-2H3,(H,17,19)/t10-/m1/s1. The lowest BCUT2D eigenvalue weighted by Crippen LogP contribution is -2.44. The monoisotopic (exact) mass is 289 g/mol. The molecular formula is C15H19N3OS. The molecule has 2 amide bonds. The Hall–Kier alpha value is -1.62. The lowest BCUT2D eigenvalue weighted by atomic mass is 10.0. The van der Waals surface area contributed by atoms with Gasteiger partial charge in [-0.05, 0) is 51.3 Å². The molecule has 2 heterocycles. The van der Waals surface area contributed by atoms with Crippen molar-refractivity contribution in [3.05, 3.63) is 23.2 Å². The number of urea groups is 1. The molecule has 106 valence electrons. The van der Waals surface area contributed by atoms with Crippen LogP contribution in [0.1, 0.15) is 31.2 Å². The van der Waals surface area contributed by atoms with Gasteiger partial charge in [0.05, 0.1) is 15.2 Å². The van der Waals surface area contributed by atoms with Crippen LogP contribution in [0, 0.1) is 6.92 Å². The van der Waals surface area contributed by atoms with E-state index >= 15 is 0 Å². The topological polar surface area (TPSA) is 45.2 Å². The molecule has 1 aliphatic rings. The predicted molar refractivity (Wildman–Crippen MR) is 83.4 cm³/mol. The molecule has 4 nitrogen and oxygen atoms in total. The molecule has 0 unspecified atom stereocenters. The summed E-state index contributed by atoms with van der Waals surface area (Å²) in [6.07, 6.45) is 3.42. The first kappa shape index (κ1) is 13.4. The molecule has 1 aliphatic heterocycles. The summed E-state index contributed by atoms with van der Waals surface area (Å²) < 4.78 is 1.12. The van der Waals surface area contributed by atoms with Crippen LogP contribution in [0.3, 0.4) is 0 Å². The van der Waals surface area contributed by atoms with Gasteiger partial charge in [0.25, 0.3) is 0 Å². The Kier molecular flexibility index (Phi) is 3.61. The van der Waals surface area contributed by atoms with Gasteiger partial charge in [0.15, 0.2) is 0 Å². The van der Waals surface area contributed by atoms with Crippen LogP contribution in [0.2, 0.25) is 0 Å². The molecule has 20 heavy (non-hydrogen) atoms. The first-order chi connectivity index (χ1) is 9.63. The van der Waals surface area contributed by atoms with Crippen LogP contribution in [0.25, 0.3) is 10.2 Å². The zero-order valence-corrected chi connectivity index (χ0v) is 12.7.